The molecule has 0 aromatic heterocycles. The molecule has 0 aromatic rings. The highest BCUT2D eigenvalue weighted by molar-refractivity contribution is 5.00. The van der Waals surface area contributed by atoms with Gasteiger partial charge in [-0.05, 0) is 19.5 Å². The van der Waals surface area contributed by atoms with Gasteiger partial charge in [-0.25, -0.2) is 0 Å². The van der Waals surface area contributed by atoms with Gasteiger partial charge in [0.15, 0.2) is 0 Å². The van der Waals surface area contributed by atoms with E-state index in [2.05, 4.69) is 37.5 Å². The van der Waals surface area contributed by atoms with E-state index in [9.17, 15) is 0 Å². The Morgan fingerprint density at radius 3 is 2.27 bits per heavy atom. The average Bonchev–Trinajstić information content (AvgIpc) is 2.03. The van der Waals surface area contributed by atoms with E-state index in [0.717, 1.165) is 19.5 Å². The molecule has 0 aliphatic carbocycles. The predicted octanol–water partition coefficient (Wildman–Crippen LogP) is 2.13. The predicted molar refractivity (Wildman–Crippen MR) is 50.5 cm³/mol. The second-order valence-electron chi connectivity index (χ2n) is 2.58. The normalized spacial score (nSPS) is 9.45. The summed E-state index contributed by atoms with van der Waals surface area (Å²) in [7, 11) is 0. The Kier molecular flexibility index (Phi) is 7.29. The molecule has 0 N–H and O–H groups in total. The molecule has 64 valence electrons. The van der Waals surface area contributed by atoms with Crippen LogP contribution in [0.15, 0.2) is 0 Å². The van der Waals surface area contributed by atoms with Crippen molar-refractivity contribution < 1.29 is 0 Å². The lowest BCUT2D eigenvalue weighted by Gasteiger charge is -2.15. The average molecular weight is 153 g/mol. The van der Waals surface area contributed by atoms with Crippen LogP contribution in [0.5, 0.6) is 0 Å². The standard InChI is InChI=1S/C10H19N/c1-4-7-8-10-11(6-3)9-5-2/h4-6,9-10H2,1-3H3. The molecule has 11 heavy (non-hydrogen) atoms. The molecule has 0 bridgehead atoms. The van der Waals surface area contributed by atoms with Crippen LogP contribution in [0, 0.1) is 11.8 Å². The first-order valence-electron chi connectivity index (χ1n) is 4.53. The molecule has 0 radical (unpaired) electrons. The summed E-state index contributed by atoms with van der Waals surface area (Å²) in [5.74, 6) is 6.23. The van der Waals surface area contributed by atoms with Gasteiger partial charge in [0.1, 0.15) is 0 Å². The van der Waals surface area contributed by atoms with Crippen LogP contribution in [-0.2, 0) is 0 Å². The Morgan fingerprint density at radius 2 is 1.82 bits per heavy atom. The van der Waals surface area contributed by atoms with Crippen molar-refractivity contribution >= 4 is 0 Å². The lowest BCUT2D eigenvalue weighted by Crippen LogP contribution is -2.24. The Balaban J connectivity index is 3.51. The van der Waals surface area contributed by atoms with Crippen LogP contribution in [0.3, 0.4) is 0 Å². The van der Waals surface area contributed by atoms with Gasteiger partial charge in [0, 0.05) is 6.42 Å². The number of rotatable bonds is 4. The molecule has 0 aromatic carbocycles. The van der Waals surface area contributed by atoms with Crippen molar-refractivity contribution in [1.82, 2.24) is 4.90 Å². The molecule has 0 rings (SSSR count). The van der Waals surface area contributed by atoms with Crippen LogP contribution in [0.1, 0.15) is 33.6 Å². The van der Waals surface area contributed by atoms with E-state index in [-0.39, 0.29) is 0 Å². The Bertz CT molecular complexity index is 130. The van der Waals surface area contributed by atoms with Gasteiger partial charge < -0.3 is 0 Å². The molecular weight excluding hydrogens is 134 g/mol. The van der Waals surface area contributed by atoms with Crippen LogP contribution in [0.2, 0.25) is 0 Å². The zero-order valence-electron chi connectivity index (χ0n) is 7.98. The largest absolute Gasteiger partial charge is 0.293 e. The number of hydrogen-bond donors (Lipinski definition) is 0. The van der Waals surface area contributed by atoms with Crippen molar-refractivity contribution in [3.05, 3.63) is 0 Å². The summed E-state index contributed by atoms with van der Waals surface area (Å²) in [6.45, 7) is 9.71. The van der Waals surface area contributed by atoms with E-state index in [1.807, 2.05) is 0 Å². The summed E-state index contributed by atoms with van der Waals surface area (Å²) in [5.41, 5.74) is 0. The van der Waals surface area contributed by atoms with E-state index in [1.54, 1.807) is 0 Å². The molecule has 1 heteroatoms. The minimum absolute atomic E-state index is 0.943. The molecule has 0 heterocycles. The fraction of sp³-hybridized carbons (Fsp3) is 0.800. The van der Waals surface area contributed by atoms with Crippen LogP contribution < -0.4 is 0 Å². The van der Waals surface area contributed by atoms with E-state index < -0.39 is 0 Å². The van der Waals surface area contributed by atoms with Gasteiger partial charge >= 0.3 is 0 Å². The van der Waals surface area contributed by atoms with Crippen molar-refractivity contribution in [2.75, 3.05) is 19.6 Å². The third kappa shape index (κ3) is 5.94. The molecule has 0 saturated heterocycles. The second-order valence-corrected chi connectivity index (χ2v) is 2.58. The van der Waals surface area contributed by atoms with Crippen molar-refractivity contribution in [1.29, 1.82) is 0 Å². The fourth-order valence-electron chi connectivity index (χ4n) is 0.958. The van der Waals surface area contributed by atoms with E-state index in [0.29, 0.717) is 0 Å². The minimum atomic E-state index is 0.943. The summed E-state index contributed by atoms with van der Waals surface area (Å²) in [6.07, 6.45) is 2.20. The zero-order valence-corrected chi connectivity index (χ0v) is 7.98. The van der Waals surface area contributed by atoms with Gasteiger partial charge in [-0.15, -0.1) is 5.92 Å². The van der Waals surface area contributed by atoms with E-state index in [1.165, 1.54) is 13.0 Å². The smallest absolute Gasteiger partial charge is 0.0601 e. The minimum Gasteiger partial charge on any atom is -0.293 e. The summed E-state index contributed by atoms with van der Waals surface area (Å²) in [4.78, 5) is 2.36. The summed E-state index contributed by atoms with van der Waals surface area (Å²) in [6, 6.07) is 0. The molecule has 0 unspecified atom stereocenters. The zero-order chi connectivity index (χ0) is 8.53. The lowest BCUT2D eigenvalue weighted by atomic mass is 10.4. The fourth-order valence-corrected chi connectivity index (χ4v) is 0.958. The highest BCUT2D eigenvalue weighted by atomic mass is 15.1. The molecule has 0 spiro atoms. The Hall–Kier alpha value is -0.480. The third-order valence-corrected chi connectivity index (χ3v) is 1.59. The highest BCUT2D eigenvalue weighted by Gasteiger charge is 1.95. The third-order valence-electron chi connectivity index (χ3n) is 1.59. The van der Waals surface area contributed by atoms with Gasteiger partial charge in [0.25, 0.3) is 0 Å². The van der Waals surface area contributed by atoms with Gasteiger partial charge in [0.2, 0.25) is 0 Å². The maximum atomic E-state index is 3.15. The Morgan fingerprint density at radius 1 is 1.09 bits per heavy atom. The van der Waals surface area contributed by atoms with Gasteiger partial charge in [-0.3, -0.25) is 4.90 Å². The topological polar surface area (TPSA) is 3.24 Å². The number of nitrogens with zero attached hydrogens (tertiary/aromatic N) is 1. The van der Waals surface area contributed by atoms with Crippen molar-refractivity contribution in [2.24, 2.45) is 0 Å². The van der Waals surface area contributed by atoms with Crippen molar-refractivity contribution in [3.8, 4) is 11.8 Å². The first kappa shape index (κ1) is 10.5. The molecule has 0 aliphatic heterocycles. The lowest BCUT2D eigenvalue weighted by molar-refractivity contribution is 0.324. The maximum absolute atomic E-state index is 3.15. The molecule has 0 fully saturated rings. The molecule has 0 aliphatic rings. The summed E-state index contributed by atoms with van der Waals surface area (Å²) in [5, 5.41) is 0. The van der Waals surface area contributed by atoms with Crippen LogP contribution >= 0.6 is 0 Å². The maximum Gasteiger partial charge on any atom is 0.0601 e. The molecule has 0 saturated carbocycles. The van der Waals surface area contributed by atoms with Crippen molar-refractivity contribution in [2.45, 2.75) is 33.6 Å². The quantitative estimate of drug-likeness (QED) is 0.559. The molecule has 0 amide bonds. The summed E-state index contributed by atoms with van der Waals surface area (Å²) < 4.78 is 0. The Labute approximate surface area is 70.8 Å². The van der Waals surface area contributed by atoms with Crippen LogP contribution in [0.25, 0.3) is 0 Å². The van der Waals surface area contributed by atoms with Crippen molar-refractivity contribution in [3.63, 3.8) is 0 Å². The molecular formula is C10H19N. The van der Waals surface area contributed by atoms with Gasteiger partial charge in [0.05, 0.1) is 6.54 Å². The molecule has 1 nitrogen and oxygen atoms in total. The van der Waals surface area contributed by atoms with Crippen LogP contribution in [0.4, 0.5) is 0 Å². The SMILES string of the molecule is CCC#CCN(CC)CCC. The monoisotopic (exact) mass is 153 g/mol. The van der Waals surface area contributed by atoms with E-state index >= 15 is 0 Å². The first-order valence-corrected chi connectivity index (χ1v) is 4.53. The van der Waals surface area contributed by atoms with Gasteiger partial charge in [-0.2, -0.15) is 0 Å². The summed E-state index contributed by atoms with van der Waals surface area (Å²) >= 11 is 0. The highest BCUT2D eigenvalue weighted by Crippen LogP contribution is 1.88. The second kappa shape index (κ2) is 7.63. The first-order chi connectivity index (χ1) is 5.35. The molecule has 0 atom stereocenters. The van der Waals surface area contributed by atoms with E-state index in [4.69, 9.17) is 0 Å². The number of hydrogen-bond acceptors (Lipinski definition) is 1. The van der Waals surface area contributed by atoms with Gasteiger partial charge in [-0.1, -0.05) is 26.7 Å². The van der Waals surface area contributed by atoms with Crippen LogP contribution in [-0.4, -0.2) is 24.5 Å².